The van der Waals surface area contributed by atoms with E-state index in [-0.39, 0.29) is 49.3 Å². The highest BCUT2D eigenvalue weighted by Gasteiger charge is 2.35. The fraction of sp³-hybridized carbons (Fsp3) is 0.424. The first-order chi connectivity index (χ1) is 19.8. The molecular formula is C33H41FN2O5. The lowest BCUT2D eigenvalue weighted by Gasteiger charge is -2.29. The van der Waals surface area contributed by atoms with Crippen LogP contribution in [-0.2, 0) is 32.0 Å². The molecule has 1 heterocycles. The number of benzene rings is 2. The second-order valence-electron chi connectivity index (χ2n) is 10.6. The number of hydrogen-bond acceptors (Lipinski definition) is 5. The molecule has 7 nitrogen and oxygen atoms in total. The molecule has 2 aromatic rings. The minimum absolute atomic E-state index is 0.0295. The quantitative estimate of drug-likeness (QED) is 0.233. The predicted molar refractivity (Wildman–Crippen MR) is 156 cm³/mol. The number of nitrogens with zero attached hydrogens (tertiary/aromatic N) is 1. The Labute approximate surface area is 242 Å². The molecule has 1 aliphatic heterocycles. The fourth-order valence-corrected chi connectivity index (χ4v) is 5.24. The summed E-state index contributed by atoms with van der Waals surface area (Å²) in [7, 11) is 0. The molecule has 1 aliphatic rings. The summed E-state index contributed by atoms with van der Waals surface area (Å²) in [5.74, 6) is -2.27. The van der Waals surface area contributed by atoms with Gasteiger partial charge < -0.3 is 20.1 Å². The molecule has 4 atom stereocenters. The Morgan fingerprint density at radius 1 is 1.00 bits per heavy atom. The van der Waals surface area contributed by atoms with Gasteiger partial charge in [0.05, 0.1) is 30.5 Å². The smallest absolute Gasteiger partial charge is 0.309 e. The normalized spacial score (nSPS) is 16.8. The second-order valence-corrected chi connectivity index (χ2v) is 10.6. The van der Waals surface area contributed by atoms with Gasteiger partial charge in [0.15, 0.2) is 0 Å². The number of ether oxygens (including phenoxy) is 1. The number of likely N-dealkylation sites (tertiary alicyclic amines) is 1. The van der Waals surface area contributed by atoms with Crippen molar-refractivity contribution in [1.29, 1.82) is 0 Å². The summed E-state index contributed by atoms with van der Waals surface area (Å²) in [6, 6.07) is 14.9. The van der Waals surface area contributed by atoms with Crippen LogP contribution in [0.25, 0.3) is 0 Å². The van der Waals surface area contributed by atoms with Crippen molar-refractivity contribution in [2.45, 2.75) is 57.0 Å². The van der Waals surface area contributed by atoms with Crippen LogP contribution < -0.4 is 5.32 Å². The van der Waals surface area contributed by atoms with Crippen LogP contribution in [0, 0.1) is 17.7 Å². The van der Waals surface area contributed by atoms with Gasteiger partial charge in [0.2, 0.25) is 11.8 Å². The van der Waals surface area contributed by atoms with Crippen LogP contribution in [0.15, 0.2) is 79.9 Å². The molecule has 220 valence electrons. The number of esters is 1. The van der Waals surface area contributed by atoms with Crippen molar-refractivity contribution in [2.75, 3.05) is 19.8 Å². The van der Waals surface area contributed by atoms with Gasteiger partial charge in [-0.3, -0.25) is 14.4 Å². The molecule has 0 spiro atoms. The lowest BCUT2D eigenvalue weighted by molar-refractivity contribution is -0.152. The van der Waals surface area contributed by atoms with Crippen LogP contribution in [0.5, 0.6) is 0 Å². The van der Waals surface area contributed by atoms with Gasteiger partial charge in [-0.15, -0.1) is 13.2 Å². The average molecular weight is 565 g/mol. The molecule has 2 N–H and O–H groups in total. The van der Waals surface area contributed by atoms with E-state index in [4.69, 9.17) is 4.74 Å². The van der Waals surface area contributed by atoms with E-state index in [1.807, 2.05) is 30.3 Å². The van der Waals surface area contributed by atoms with Gasteiger partial charge in [-0.05, 0) is 61.8 Å². The average Bonchev–Trinajstić information content (AvgIpc) is 3.45. The van der Waals surface area contributed by atoms with E-state index in [1.54, 1.807) is 29.2 Å². The topological polar surface area (TPSA) is 95.9 Å². The number of halogens is 1. The number of carbonyl (C=O) groups is 3. The maximum atomic E-state index is 13.5. The van der Waals surface area contributed by atoms with E-state index < -0.39 is 17.9 Å². The number of hydrogen-bond donors (Lipinski definition) is 2. The molecular weight excluding hydrogens is 523 g/mol. The second kappa shape index (κ2) is 16.5. The number of carbonyl (C=O) groups excluding carboxylic acids is 3. The van der Waals surface area contributed by atoms with E-state index >= 15 is 0 Å². The van der Waals surface area contributed by atoms with Crippen LogP contribution in [0.2, 0.25) is 0 Å². The van der Waals surface area contributed by atoms with E-state index in [0.717, 1.165) is 17.5 Å². The molecule has 0 radical (unpaired) electrons. The molecule has 1 saturated heterocycles. The van der Waals surface area contributed by atoms with Gasteiger partial charge in [-0.25, -0.2) is 4.39 Å². The van der Waals surface area contributed by atoms with E-state index in [1.165, 1.54) is 12.1 Å². The van der Waals surface area contributed by atoms with Gasteiger partial charge in [0.1, 0.15) is 12.4 Å². The van der Waals surface area contributed by atoms with Crippen molar-refractivity contribution in [3.05, 3.63) is 96.9 Å². The SMILES string of the molecule is C=CC[C@@H](Cc1ccc(F)cc1)C(=O)OC[C@@H]1CCCN1C(=O)[C@H](CC=C)CC(=O)N[C@H](CO)Cc1ccccc1. The first-order valence-corrected chi connectivity index (χ1v) is 14.2. The Morgan fingerprint density at radius 2 is 1.66 bits per heavy atom. The predicted octanol–water partition coefficient (Wildman–Crippen LogP) is 4.40. The zero-order valence-electron chi connectivity index (χ0n) is 23.6. The first-order valence-electron chi connectivity index (χ1n) is 14.2. The van der Waals surface area contributed by atoms with Crippen molar-refractivity contribution in [3.8, 4) is 0 Å². The highest BCUT2D eigenvalue weighted by Crippen LogP contribution is 2.24. The van der Waals surface area contributed by atoms with E-state index in [2.05, 4.69) is 18.5 Å². The largest absolute Gasteiger partial charge is 0.463 e. The highest BCUT2D eigenvalue weighted by atomic mass is 19.1. The molecule has 0 aliphatic carbocycles. The summed E-state index contributed by atoms with van der Waals surface area (Å²) < 4.78 is 19.0. The van der Waals surface area contributed by atoms with Crippen LogP contribution in [0.4, 0.5) is 4.39 Å². The Balaban J connectivity index is 1.56. The summed E-state index contributed by atoms with van der Waals surface area (Å²) in [5, 5.41) is 12.6. The number of amides is 2. The van der Waals surface area contributed by atoms with Gasteiger partial charge in [0.25, 0.3) is 0 Å². The third-order valence-electron chi connectivity index (χ3n) is 7.40. The Morgan fingerprint density at radius 3 is 2.32 bits per heavy atom. The van der Waals surface area contributed by atoms with Crippen molar-refractivity contribution in [1.82, 2.24) is 10.2 Å². The molecule has 0 saturated carbocycles. The van der Waals surface area contributed by atoms with E-state index in [0.29, 0.717) is 38.6 Å². The van der Waals surface area contributed by atoms with Gasteiger partial charge in [-0.1, -0.05) is 54.6 Å². The molecule has 0 aromatic heterocycles. The molecule has 1 fully saturated rings. The number of aliphatic hydroxyl groups is 1. The summed E-state index contributed by atoms with van der Waals surface area (Å²) in [6.45, 7) is 7.88. The van der Waals surface area contributed by atoms with Crippen molar-refractivity contribution < 1.29 is 28.6 Å². The lowest BCUT2D eigenvalue weighted by Crippen LogP contribution is -2.45. The first kappa shape index (κ1) is 31.7. The standard InChI is InChI=1S/C33H41FN2O5/c1-3-9-26(21-31(38)35-29(22-37)20-24-11-6-5-7-12-24)32(39)36-18-8-13-30(36)23-41-33(40)27(10-4-2)19-25-14-16-28(34)17-15-25/h3-7,11-12,14-17,26-27,29-30,37H,1-2,8-10,13,18-23H2,(H,35,38)/t26-,27+,29+,30+/m1/s1. The Kier molecular flexibility index (Phi) is 12.8. The minimum Gasteiger partial charge on any atom is -0.463 e. The summed E-state index contributed by atoms with van der Waals surface area (Å²) in [5.41, 5.74) is 1.82. The molecule has 0 unspecified atom stereocenters. The molecule has 3 rings (SSSR count). The maximum Gasteiger partial charge on any atom is 0.309 e. The number of aliphatic hydroxyl groups excluding tert-OH is 1. The number of rotatable bonds is 16. The number of allylic oxidation sites excluding steroid dienone is 2. The van der Waals surface area contributed by atoms with Crippen molar-refractivity contribution in [3.63, 3.8) is 0 Å². The zero-order chi connectivity index (χ0) is 29.6. The number of nitrogens with one attached hydrogen (secondary N) is 1. The molecule has 0 bridgehead atoms. The summed E-state index contributed by atoms with van der Waals surface area (Å²) in [4.78, 5) is 41.1. The lowest BCUT2D eigenvalue weighted by atomic mass is 9.96. The molecule has 2 aromatic carbocycles. The summed E-state index contributed by atoms with van der Waals surface area (Å²) in [6.07, 6.45) is 6.35. The van der Waals surface area contributed by atoms with Crippen LogP contribution >= 0.6 is 0 Å². The fourth-order valence-electron chi connectivity index (χ4n) is 5.24. The molecule has 8 heteroatoms. The minimum atomic E-state index is -0.605. The molecule has 41 heavy (non-hydrogen) atoms. The Bertz CT molecular complexity index is 1150. The van der Waals surface area contributed by atoms with Gasteiger partial charge in [-0.2, -0.15) is 0 Å². The van der Waals surface area contributed by atoms with Crippen LogP contribution in [0.1, 0.15) is 43.2 Å². The third kappa shape index (κ3) is 9.97. The monoisotopic (exact) mass is 564 g/mol. The van der Waals surface area contributed by atoms with Gasteiger partial charge in [0, 0.05) is 13.0 Å². The summed E-state index contributed by atoms with van der Waals surface area (Å²) >= 11 is 0. The Hall–Kier alpha value is -3.78. The highest BCUT2D eigenvalue weighted by molar-refractivity contribution is 5.86. The zero-order valence-corrected chi connectivity index (χ0v) is 23.6. The van der Waals surface area contributed by atoms with Crippen LogP contribution in [0.3, 0.4) is 0 Å². The van der Waals surface area contributed by atoms with Crippen LogP contribution in [-0.4, -0.2) is 59.6 Å². The van der Waals surface area contributed by atoms with E-state index in [9.17, 15) is 23.9 Å². The third-order valence-corrected chi connectivity index (χ3v) is 7.40. The maximum absolute atomic E-state index is 13.5. The molecule has 2 amide bonds. The van der Waals surface area contributed by atoms with Gasteiger partial charge >= 0.3 is 5.97 Å². The van der Waals surface area contributed by atoms with Crippen molar-refractivity contribution >= 4 is 17.8 Å². The van der Waals surface area contributed by atoms with Crippen molar-refractivity contribution in [2.24, 2.45) is 11.8 Å².